The first-order valence-electron chi connectivity index (χ1n) is 6.70. The monoisotopic (exact) mass is 298 g/mol. The number of rotatable bonds is 6. The van der Waals surface area contributed by atoms with Gasteiger partial charge >= 0.3 is 11.7 Å². The average Bonchev–Trinajstić information content (AvgIpc) is 2.75. The number of esters is 1. The first-order chi connectivity index (χ1) is 9.70. The summed E-state index contributed by atoms with van der Waals surface area (Å²) in [6.07, 6.45) is 0. The summed E-state index contributed by atoms with van der Waals surface area (Å²) < 4.78 is 6.16. The molecule has 0 aliphatic heterocycles. The molecular formula is C13H22N4O4. The number of methoxy groups -OCH3 is 1. The lowest BCUT2D eigenvalue weighted by atomic mass is 10.1. The molecule has 0 N–H and O–H groups in total. The van der Waals surface area contributed by atoms with Crippen molar-refractivity contribution in [2.75, 3.05) is 25.6 Å². The molecule has 1 atom stereocenters. The van der Waals surface area contributed by atoms with Crippen LogP contribution in [0.4, 0.5) is 11.5 Å². The third-order valence-electron chi connectivity index (χ3n) is 3.26. The van der Waals surface area contributed by atoms with Gasteiger partial charge in [-0.2, -0.15) is 5.10 Å². The second kappa shape index (κ2) is 6.55. The maximum atomic E-state index is 11.5. The van der Waals surface area contributed by atoms with Crippen molar-refractivity contribution >= 4 is 17.5 Å². The molecule has 0 spiro atoms. The maximum absolute atomic E-state index is 11.5. The van der Waals surface area contributed by atoms with Crippen LogP contribution in [0.5, 0.6) is 0 Å². The van der Waals surface area contributed by atoms with Gasteiger partial charge in [0.15, 0.2) is 0 Å². The van der Waals surface area contributed by atoms with E-state index in [4.69, 9.17) is 0 Å². The van der Waals surface area contributed by atoms with E-state index in [0.29, 0.717) is 18.1 Å². The Hall–Kier alpha value is -2.12. The molecule has 0 aromatic carbocycles. The van der Waals surface area contributed by atoms with Gasteiger partial charge < -0.3 is 9.64 Å². The average molecular weight is 298 g/mol. The van der Waals surface area contributed by atoms with E-state index in [1.807, 2.05) is 13.8 Å². The Morgan fingerprint density at radius 1 is 1.48 bits per heavy atom. The highest BCUT2D eigenvalue weighted by Gasteiger charge is 2.31. The number of aromatic nitrogens is 2. The van der Waals surface area contributed by atoms with E-state index < -0.39 is 10.8 Å². The first-order valence-corrected chi connectivity index (χ1v) is 6.70. The van der Waals surface area contributed by atoms with Crippen molar-refractivity contribution < 1.29 is 14.5 Å². The highest BCUT2D eigenvalue weighted by atomic mass is 16.6. The molecule has 21 heavy (non-hydrogen) atoms. The van der Waals surface area contributed by atoms with Crippen molar-refractivity contribution in [3.63, 3.8) is 0 Å². The van der Waals surface area contributed by atoms with E-state index >= 15 is 0 Å². The largest absolute Gasteiger partial charge is 0.469 e. The predicted molar refractivity (Wildman–Crippen MR) is 78.4 cm³/mol. The molecule has 0 aliphatic rings. The minimum atomic E-state index is -0.420. The number of hydrogen-bond donors (Lipinski definition) is 0. The molecule has 1 aromatic rings. The molecule has 1 heterocycles. The Labute approximate surface area is 123 Å². The maximum Gasteiger partial charge on any atom is 0.334 e. The number of nitrogens with zero attached hydrogens (tertiary/aromatic N) is 4. The van der Waals surface area contributed by atoms with E-state index in [1.165, 1.54) is 11.8 Å². The minimum absolute atomic E-state index is 0.00735. The fourth-order valence-corrected chi connectivity index (χ4v) is 2.29. The second-order valence-electron chi connectivity index (χ2n) is 5.40. The number of hydrogen-bond acceptors (Lipinski definition) is 6. The van der Waals surface area contributed by atoms with Gasteiger partial charge in [-0.25, -0.2) is 4.68 Å². The standard InChI is InChI=1S/C13H22N4O4/c1-8(2)10-11(17(19)20)12(16(5)14-10)15(4)7-9(3)13(18)21-6/h8-9H,7H2,1-6H3. The van der Waals surface area contributed by atoms with Crippen LogP contribution in [0.2, 0.25) is 0 Å². The van der Waals surface area contributed by atoms with E-state index in [1.54, 1.807) is 25.9 Å². The molecular weight excluding hydrogens is 276 g/mol. The van der Waals surface area contributed by atoms with E-state index in [-0.39, 0.29) is 17.6 Å². The van der Waals surface area contributed by atoms with Crippen molar-refractivity contribution in [3.05, 3.63) is 15.8 Å². The summed E-state index contributed by atoms with van der Waals surface area (Å²) in [5.74, 6) is -0.413. The minimum Gasteiger partial charge on any atom is -0.469 e. The lowest BCUT2D eigenvalue weighted by Crippen LogP contribution is -2.30. The van der Waals surface area contributed by atoms with E-state index in [2.05, 4.69) is 9.84 Å². The Balaban J connectivity index is 3.17. The Morgan fingerprint density at radius 2 is 2.05 bits per heavy atom. The van der Waals surface area contributed by atoms with Crippen LogP contribution in [0.3, 0.4) is 0 Å². The van der Waals surface area contributed by atoms with Gasteiger partial charge in [0.05, 0.1) is 18.0 Å². The molecule has 0 aliphatic carbocycles. The summed E-state index contributed by atoms with van der Waals surface area (Å²) in [5, 5.41) is 15.6. The predicted octanol–water partition coefficient (Wildman–Crippen LogP) is 1.70. The summed E-state index contributed by atoms with van der Waals surface area (Å²) in [4.78, 5) is 24.1. The molecule has 0 saturated carbocycles. The van der Waals surface area contributed by atoms with Gasteiger partial charge in [-0.1, -0.05) is 20.8 Å². The molecule has 0 bridgehead atoms. The third kappa shape index (κ3) is 3.50. The molecule has 8 heteroatoms. The van der Waals surface area contributed by atoms with Crippen molar-refractivity contribution in [1.82, 2.24) is 9.78 Å². The summed E-state index contributed by atoms with van der Waals surface area (Å²) >= 11 is 0. The zero-order chi connectivity index (χ0) is 16.3. The Kier molecular flexibility index (Phi) is 5.28. The molecule has 0 amide bonds. The van der Waals surface area contributed by atoms with Gasteiger partial charge in [0.2, 0.25) is 5.82 Å². The van der Waals surface area contributed by atoms with Crippen molar-refractivity contribution in [1.29, 1.82) is 0 Å². The first kappa shape index (κ1) is 16.9. The van der Waals surface area contributed by atoms with Crippen LogP contribution in [0.25, 0.3) is 0 Å². The quantitative estimate of drug-likeness (QED) is 0.451. The number of anilines is 1. The SMILES string of the molecule is COC(=O)C(C)CN(C)c1c([N+](=O)[O-])c(C(C)C)nn1C. The second-order valence-corrected chi connectivity index (χ2v) is 5.40. The number of carbonyl (C=O) groups is 1. The Morgan fingerprint density at radius 3 is 2.48 bits per heavy atom. The van der Waals surface area contributed by atoms with Crippen molar-refractivity contribution in [2.24, 2.45) is 13.0 Å². The van der Waals surface area contributed by atoms with Gasteiger partial charge in [0.25, 0.3) is 0 Å². The molecule has 0 radical (unpaired) electrons. The molecule has 1 rings (SSSR count). The number of nitro groups is 1. The molecule has 8 nitrogen and oxygen atoms in total. The van der Waals surface area contributed by atoms with Crippen molar-refractivity contribution in [3.8, 4) is 0 Å². The fourth-order valence-electron chi connectivity index (χ4n) is 2.29. The van der Waals surface area contributed by atoms with Gasteiger partial charge in [0.1, 0.15) is 5.69 Å². The fraction of sp³-hybridized carbons (Fsp3) is 0.692. The molecule has 0 fully saturated rings. The van der Waals surface area contributed by atoms with Crippen LogP contribution < -0.4 is 4.90 Å². The van der Waals surface area contributed by atoms with Crippen LogP contribution in [-0.2, 0) is 16.6 Å². The van der Waals surface area contributed by atoms with Crippen LogP contribution in [0.1, 0.15) is 32.4 Å². The smallest absolute Gasteiger partial charge is 0.334 e. The van der Waals surface area contributed by atoms with Gasteiger partial charge in [-0.05, 0) is 0 Å². The molecule has 118 valence electrons. The van der Waals surface area contributed by atoms with Crippen LogP contribution in [-0.4, -0.2) is 41.4 Å². The van der Waals surface area contributed by atoms with Crippen LogP contribution in [0.15, 0.2) is 0 Å². The molecule has 1 aromatic heterocycles. The summed E-state index contributed by atoms with van der Waals surface area (Å²) in [6, 6.07) is 0. The number of carbonyl (C=O) groups excluding carboxylic acids is 1. The normalized spacial score (nSPS) is 12.3. The third-order valence-corrected chi connectivity index (χ3v) is 3.26. The van der Waals surface area contributed by atoms with Crippen LogP contribution >= 0.6 is 0 Å². The highest BCUT2D eigenvalue weighted by Crippen LogP contribution is 2.35. The lowest BCUT2D eigenvalue weighted by Gasteiger charge is -2.21. The Bertz CT molecular complexity index is 539. The highest BCUT2D eigenvalue weighted by molar-refractivity contribution is 5.73. The summed E-state index contributed by atoms with van der Waals surface area (Å²) in [5.41, 5.74) is 0.433. The number of aryl methyl sites for hydroxylation is 1. The van der Waals surface area contributed by atoms with Crippen molar-refractivity contribution in [2.45, 2.75) is 26.7 Å². The van der Waals surface area contributed by atoms with Gasteiger partial charge in [-0.3, -0.25) is 14.9 Å². The zero-order valence-electron chi connectivity index (χ0n) is 13.3. The van der Waals surface area contributed by atoms with E-state index in [0.717, 1.165) is 0 Å². The van der Waals surface area contributed by atoms with Crippen LogP contribution in [0, 0.1) is 16.0 Å². The zero-order valence-corrected chi connectivity index (χ0v) is 13.3. The number of ether oxygens (including phenoxy) is 1. The molecule has 0 saturated heterocycles. The summed E-state index contributed by atoms with van der Waals surface area (Å²) in [7, 11) is 4.68. The lowest BCUT2D eigenvalue weighted by molar-refractivity contribution is -0.385. The summed E-state index contributed by atoms with van der Waals surface area (Å²) in [6.45, 7) is 5.74. The topological polar surface area (TPSA) is 90.5 Å². The van der Waals surface area contributed by atoms with Gasteiger partial charge in [0, 0.05) is 26.6 Å². The van der Waals surface area contributed by atoms with E-state index in [9.17, 15) is 14.9 Å². The van der Waals surface area contributed by atoms with Gasteiger partial charge in [-0.15, -0.1) is 0 Å². The molecule has 1 unspecified atom stereocenters.